The molecule has 1 rings (SSSR count). The van der Waals surface area contributed by atoms with E-state index in [4.69, 9.17) is 4.74 Å². The van der Waals surface area contributed by atoms with Crippen molar-refractivity contribution in [1.29, 1.82) is 0 Å². The lowest BCUT2D eigenvalue weighted by molar-refractivity contribution is -0.117. The van der Waals surface area contributed by atoms with Crippen molar-refractivity contribution in [2.75, 3.05) is 13.8 Å². The summed E-state index contributed by atoms with van der Waals surface area (Å²) in [5.74, 6) is -0.665. The van der Waals surface area contributed by atoms with Gasteiger partial charge in [0.1, 0.15) is 11.5 Å². The number of halogens is 4. The maximum Gasteiger partial charge on any atom is 0.282 e. The van der Waals surface area contributed by atoms with Crippen LogP contribution >= 0.6 is 0 Å². The highest BCUT2D eigenvalue weighted by atomic mass is 19.3. The molecule has 0 aromatic heterocycles. The van der Waals surface area contributed by atoms with E-state index >= 15 is 0 Å². The molecule has 0 aliphatic carbocycles. The van der Waals surface area contributed by atoms with Gasteiger partial charge in [-0.25, -0.2) is 17.6 Å². The second kappa shape index (κ2) is 14.0. The summed E-state index contributed by atoms with van der Waals surface area (Å²) in [6.07, 6.45) is 1.58. The molecular formula is C25H31F4N3O2. The molecule has 1 N–H and O–H groups in total. The third-order valence-corrected chi connectivity index (χ3v) is 4.41. The summed E-state index contributed by atoms with van der Waals surface area (Å²) in [7, 11) is 1.35. The zero-order valence-corrected chi connectivity index (χ0v) is 20.0. The topological polar surface area (TPSA) is 53.9 Å². The summed E-state index contributed by atoms with van der Waals surface area (Å²) < 4.78 is 58.2. The highest BCUT2D eigenvalue weighted by molar-refractivity contribution is 6.22. The number of rotatable bonds is 12. The third-order valence-electron chi connectivity index (χ3n) is 4.41. The van der Waals surface area contributed by atoms with Crippen LogP contribution in [0.25, 0.3) is 0 Å². The number of nitrogens with zero attached hydrogens (tertiary/aromatic N) is 2. The van der Waals surface area contributed by atoms with Crippen molar-refractivity contribution in [1.82, 2.24) is 10.3 Å². The lowest BCUT2D eigenvalue weighted by Crippen LogP contribution is -2.38. The number of alkyl halides is 4. The van der Waals surface area contributed by atoms with Gasteiger partial charge in [0.05, 0.1) is 11.6 Å². The van der Waals surface area contributed by atoms with E-state index in [0.29, 0.717) is 0 Å². The van der Waals surface area contributed by atoms with Gasteiger partial charge in [-0.15, -0.1) is 0 Å². The Morgan fingerprint density at radius 2 is 1.91 bits per heavy atom. The highest BCUT2D eigenvalue weighted by Crippen LogP contribution is 2.23. The maximum atomic E-state index is 13.6. The molecule has 0 aliphatic heterocycles. The predicted molar refractivity (Wildman–Crippen MR) is 127 cm³/mol. The predicted octanol–water partition coefficient (Wildman–Crippen LogP) is 6.04. The first-order chi connectivity index (χ1) is 16.0. The first kappa shape index (κ1) is 28.7. The summed E-state index contributed by atoms with van der Waals surface area (Å²) in [5.41, 5.74) is 0.292. The largest absolute Gasteiger partial charge is 0.472 e. The molecule has 34 heavy (non-hydrogen) atoms. The smallest absolute Gasteiger partial charge is 0.282 e. The molecule has 0 spiro atoms. The van der Waals surface area contributed by atoms with Gasteiger partial charge in [0.2, 0.25) is 0 Å². The number of ether oxygens (including phenoxy) is 1. The van der Waals surface area contributed by atoms with Crippen molar-refractivity contribution >= 4 is 11.6 Å². The number of amides is 1. The number of hydrazone groups is 1. The molecule has 1 amide bonds. The number of hydrogen-bond donors (Lipinski definition) is 1. The van der Waals surface area contributed by atoms with Crippen LogP contribution < -0.4 is 10.1 Å². The SMILES string of the molecule is C=C(C(=O)NC(C)C(/C=C\C)=C/C=C(C)C)/C(=N\N(C)COc1cccc(C(F)F)c1)C(F)F. The Kier molecular flexibility index (Phi) is 11.8. The Morgan fingerprint density at radius 1 is 1.24 bits per heavy atom. The van der Waals surface area contributed by atoms with Crippen LogP contribution in [0.15, 0.2) is 77.0 Å². The number of carbonyl (C=O) groups is 1. The van der Waals surface area contributed by atoms with Crippen LogP contribution in [0.2, 0.25) is 0 Å². The molecular weight excluding hydrogens is 450 g/mol. The fraction of sp³-hybridized carbons (Fsp3) is 0.360. The second-order valence-corrected chi connectivity index (χ2v) is 7.67. The van der Waals surface area contributed by atoms with Crippen LogP contribution in [-0.4, -0.2) is 42.9 Å². The summed E-state index contributed by atoms with van der Waals surface area (Å²) in [5, 5.41) is 7.42. The van der Waals surface area contributed by atoms with E-state index in [1.54, 1.807) is 13.0 Å². The van der Waals surface area contributed by atoms with E-state index in [1.807, 2.05) is 39.0 Å². The minimum atomic E-state index is -3.07. The van der Waals surface area contributed by atoms with Gasteiger partial charge >= 0.3 is 0 Å². The van der Waals surface area contributed by atoms with Crippen LogP contribution in [-0.2, 0) is 4.79 Å². The summed E-state index contributed by atoms with van der Waals surface area (Å²) in [6.45, 7) is 10.6. The van der Waals surface area contributed by atoms with E-state index in [9.17, 15) is 22.4 Å². The monoisotopic (exact) mass is 481 g/mol. The summed E-state index contributed by atoms with van der Waals surface area (Å²) >= 11 is 0. The molecule has 186 valence electrons. The van der Waals surface area contributed by atoms with E-state index in [0.717, 1.165) is 22.2 Å². The molecule has 0 heterocycles. The minimum Gasteiger partial charge on any atom is -0.472 e. The Bertz CT molecular complexity index is 965. The zero-order valence-electron chi connectivity index (χ0n) is 20.0. The molecule has 1 aromatic carbocycles. The summed E-state index contributed by atoms with van der Waals surface area (Å²) in [4.78, 5) is 12.6. The lowest BCUT2D eigenvalue weighted by Gasteiger charge is -2.19. The van der Waals surface area contributed by atoms with Gasteiger partial charge in [0, 0.05) is 12.6 Å². The molecule has 0 bridgehead atoms. The molecule has 9 heteroatoms. The minimum absolute atomic E-state index is 0.128. The van der Waals surface area contributed by atoms with Gasteiger partial charge in [-0.05, 0) is 45.4 Å². The van der Waals surface area contributed by atoms with Crippen molar-refractivity contribution in [2.24, 2.45) is 5.10 Å². The van der Waals surface area contributed by atoms with E-state index in [2.05, 4.69) is 17.0 Å². The molecule has 0 radical (unpaired) electrons. The fourth-order valence-electron chi connectivity index (χ4n) is 2.64. The van der Waals surface area contributed by atoms with Crippen LogP contribution in [0.5, 0.6) is 5.75 Å². The fourth-order valence-corrected chi connectivity index (χ4v) is 2.64. The van der Waals surface area contributed by atoms with Crippen LogP contribution in [0.1, 0.15) is 39.7 Å². The van der Waals surface area contributed by atoms with Gasteiger partial charge in [0.25, 0.3) is 18.8 Å². The quantitative estimate of drug-likeness (QED) is 0.0989. The Morgan fingerprint density at radius 3 is 2.47 bits per heavy atom. The molecule has 0 saturated carbocycles. The van der Waals surface area contributed by atoms with Gasteiger partial charge in [-0.2, -0.15) is 5.10 Å². The van der Waals surface area contributed by atoms with Gasteiger partial charge < -0.3 is 10.1 Å². The molecule has 1 atom stereocenters. The number of nitrogens with one attached hydrogen (secondary N) is 1. The summed E-state index contributed by atoms with van der Waals surface area (Å²) in [6, 6.07) is 4.77. The molecule has 1 aromatic rings. The number of benzene rings is 1. The first-order valence-electron chi connectivity index (χ1n) is 10.5. The van der Waals surface area contributed by atoms with Crippen LogP contribution in [0.4, 0.5) is 17.6 Å². The number of hydrogen-bond acceptors (Lipinski definition) is 4. The molecule has 0 fully saturated rings. The van der Waals surface area contributed by atoms with Crippen molar-refractivity contribution in [2.45, 2.75) is 46.6 Å². The maximum absolute atomic E-state index is 13.6. The van der Waals surface area contributed by atoms with Crippen molar-refractivity contribution in [3.63, 3.8) is 0 Å². The molecule has 1 unspecified atom stereocenters. The van der Waals surface area contributed by atoms with Gasteiger partial charge in [-0.1, -0.05) is 48.6 Å². The number of allylic oxidation sites excluding steroid dienone is 4. The Hall–Kier alpha value is -3.36. The van der Waals surface area contributed by atoms with Crippen LogP contribution in [0.3, 0.4) is 0 Å². The van der Waals surface area contributed by atoms with E-state index in [1.165, 1.54) is 25.2 Å². The standard InChI is InChI=1S/C25H31F4N3O2/c1-7-9-19(13-12-16(2)3)18(5)30-25(33)17(4)22(24(28)29)31-32(6)15-34-21-11-8-10-20(14-21)23(26)27/h7-14,18,23-24H,4,15H2,1-3,5-6H3,(H,30,33)/b9-7-,19-13+,31-22+. The van der Waals surface area contributed by atoms with E-state index < -0.39 is 36.1 Å². The van der Waals surface area contributed by atoms with Gasteiger partial charge in [0.15, 0.2) is 6.73 Å². The van der Waals surface area contributed by atoms with Crippen molar-refractivity contribution in [3.8, 4) is 5.75 Å². The highest BCUT2D eigenvalue weighted by Gasteiger charge is 2.24. The average Bonchev–Trinajstić information content (AvgIpc) is 2.78. The molecule has 0 saturated heterocycles. The average molecular weight is 482 g/mol. The lowest BCUT2D eigenvalue weighted by atomic mass is 10.1. The Labute approximate surface area is 198 Å². The van der Waals surface area contributed by atoms with E-state index in [-0.39, 0.29) is 18.0 Å². The first-order valence-corrected chi connectivity index (χ1v) is 10.5. The third kappa shape index (κ3) is 9.64. The second-order valence-electron chi connectivity index (χ2n) is 7.67. The number of carbonyl (C=O) groups excluding carboxylic acids is 1. The molecule has 5 nitrogen and oxygen atoms in total. The van der Waals surface area contributed by atoms with Gasteiger partial charge in [-0.3, -0.25) is 9.80 Å². The van der Waals surface area contributed by atoms with Crippen molar-refractivity contribution in [3.05, 3.63) is 77.4 Å². The Balaban J connectivity index is 2.92. The molecule has 0 aliphatic rings. The van der Waals surface area contributed by atoms with Crippen LogP contribution in [0, 0.1) is 0 Å². The normalized spacial score (nSPS) is 13.3. The zero-order chi connectivity index (χ0) is 25.8. The van der Waals surface area contributed by atoms with Crippen molar-refractivity contribution < 1.29 is 27.1 Å².